The number of rotatable bonds is 5. The van der Waals surface area contributed by atoms with Gasteiger partial charge in [-0.25, -0.2) is 0 Å². The van der Waals surface area contributed by atoms with E-state index in [0.717, 1.165) is 61.9 Å². The molecule has 0 aliphatic carbocycles. The molecule has 2 N–H and O–H groups in total. The summed E-state index contributed by atoms with van der Waals surface area (Å²) in [6.45, 7) is 7.58. The van der Waals surface area contributed by atoms with Gasteiger partial charge in [0, 0.05) is 46.0 Å². The van der Waals surface area contributed by atoms with Crippen LogP contribution in [0.3, 0.4) is 0 Å². The molecule has 0 amide bonds. The van der Waals surface area contributed by atoms with E-state index in [4.69, 9.17) is 4.74 Å². The van der Waals surface area contributed by atoms with E-state index in [-0.39, 0.29) is 0 Å². The molecule has 2 aromatic heterocycles. The lowest BCUT2D eigenvalue weighted by atomic mass is 10.3. The summed E-state index contributed by atoms with van der Waals surface area (Å²) in [6.07, 6.45) is 0. The summed E-state index contributed by atoms with van der Waals surface area (Å²) in [5, 5.41) is 4.51. The molecule has 7 heteroatoms. The fourth-order valence-electron chi connectivity index (χ4n) is 2.62. The minimum atomic E-state index is 0.711. The topological polar surface area (TPSA) is 69.3 Å². The highest BCUT2D eigenvalue weighted by molar-refractivity contribution is 5.88. The maximum atomic E-state index is 5.37. The maximum Gasteiger partial charge on any atom is 0.228 e. The molecule has 0 aromatic carbocycles. The first-order chi connectivity index (χ1) is 10.6. The Morgan fingerprint density at radius 2 is 2.09 bits per heavy atom. The lowest BCUT2D eigenvalue weighted by Crippen LogP contribution is -2.39. The molecule has 7 nitrogen and oxygen atoms in total. The van der Waals surface area contributed by atoms with E-state index >= 15 is 0 Å². The van der Waals surface area contributed by atoms with Gasteiger partial charge >= 0.3 is 0 Å². The van der Waals surface area contributed by atoms with Crippen LogP contribution in [0.1, 0.15) is 5.69 Å². The quantitative estimate of drug-likeness (QED) is 0.861. The van der Waals surface area contributed by atoms with Gasteiger partial charge in [-0.05, 0) is 13.0 Å². The molecule has 0 unspecified atom stereocenters. The fraction of sp³-hybridized carbons (Fsp3) is 0.600. The zero-order valence-corrected chi connectivity index (χ0v) is 13.5. The molecule has 0 spiro atoms. The number of aromatic amines is 1. The molecule has 22 heavy (non-hydrogen) atoms. The van der Waals surface area contributed by atoms with E-state index in [1.807, 2.05) is 25.9 Å². The zero-order chi connectivity index (χ0) is 15.5. The molecule has 0 radical (unpaired) electrons. The number of anilines is 2. The second-order valence-corrected chi connectivity index (χ2v) is 5.86. The van der Waals surface area contributed by atoms with Crippen LogP contribution in [-0.2, 0) is 4.74 Å². The Morgan fingerprint density at radius 1 is 1.32 bits per heavy atom. The van der Waals surface area contributed by atoms with Crippen molar-refractivity contribution >= 4 is 22.8 Å². The minimum absolute atomic E-state index is 0.711. The number of nitrogens with one attached hydrogen (secondary N) is 2. The van der Waals surface area contributed by atoms with Crippen molar-refractivity contribution in [2.24, 2.45) is 0 Å². The lowest BCUT2D eigenvalue weighted by molar-refractivity contribution is 0.0398. The summed E-state index contributed by atoms with van der Waals surface area (Å²) >= 11 is 0. The van der Waals surface area contributed by atoms with Gasteiger partial charge in [-0.2, -0.15) is 9.97 Å². The molecule has 1 aliphatic heterocycles. The fourth-order valence-corrected chi connectivity index (χ4v) is 2.62. The summed E-state index contributed by atoms with van der Waals surface area (Å²) in [5.41, 5.74) is 1.97. The monoisotopic (exact) mass is 304 g/mol. The van der Waals surface area contributed by atoms with E-state index in [1.54, 1.807) is 0 Å². The van der Waals surface area contributed by atoms with Gasteiger partial charge in [0.05, 0.1) is 18.6 Å². The van der Waals surface area contributed by atoms with Crippen LogP contribution in [0.2, 0.25) is 0 Å². The van der Waals surface area contributed by atoms with Gasteiger partial charge in [0.25, 0.3) is 0 Å². The summed E-state index contributed by atoms with van der Waals surface area (Å²) < 4.78 is 5.37. The van der Waals surface area contributed by atoms with Crippen LogP contribution in [0.5, 0.6) is 0 Å². The Hall–Kier alpha value is -1.86. The van der Waals surface area contributed by atoms with Crippen LogP contribution in [0.4, 0.5) is 11.8 Å². The third kappa shape index (κ3) is 3.31. The van der Waals surface area contributed by atoms with Crippen LogP contribution < -0.4 is 10.2 Å². The van der Waals surface area contributed by atoms with E-state index in [1.165, 1.54) is 0 Å². The highest BCUT2D eigenvalue weighted by atomic mass is 16.5. The molecule has 1 fully saturated rings. The van der Waals surface area contributed by atoms with Crippen molar-refractivity contribution in [1.82, 2.24) is 19.9 Å². The first-order valence-corrected chi connectivity index (χ1v) is 7.72. The van der Waals surface area contributed by atoms with Gasteiger partial charge < -0.3 is 19.9 Å². The number of H-pyrrole nitrogens is 1. The average Bonchev–Trinajstić information content (AvgIpc) is 2.88. The Labute approximate surface area is 130 Å². The van der Waals surface area contributed by atoms with E-state index < -0.39 is 0 Å². The Balaban J connectivity index is 1.73. The van der Waals surface area contributed by atoms with Crippen LogP contribution in [0, 0.1) is 6.92 Å². The maximum absolute atomic E-state index is 5.37. The van der Waals surface area contributed by atoms with Crippen molar-refractivity contribution in [3.05, 3.63) is 11.8 Å². The highest BCUT2D eigenvalue weighted by Crippen LogP contribution is 2.23. The Morgan fingerprint density at radius 3 is 2.82 bits per heavy atom. The van der Waals surface area contributed by atoms with Crippen molar-refractivity contribution in [2.45, 2.75) is 6.92 Å². The molecule has 120 valence electrons. The van der Waals surface area contributed by atoms with Crippen molar-refractivity contribution < 1.29 is 4.74 Å². The third-order valence-electron chi connectivity index (χ3n) is 3.83. The van der Waals surface area contributed by atoms with Gasteiger partial charge in [0.15, 0.2) is 0 Å². The number of aryl methyl sites for hydroxylation is 1. The molecule has 0 bridgehead atoms. The van der Waals surface area contributed by atoms with Gasteiger partial charge in [0.2, 0.25) is 5.95 Å². The number of aromatic nitrogens is 3. The molecule has 1 saturated heterocycles. The summed E-state index contributed by atoms with van der Waals surface area (Å²) in [4.78, 5) is 16.8. The standard InChI is InChI=1S/C15H24N6O/c1-11-10-12-13(16-4-5-21-6-8-22-9-7-21)18-15(20(2)3)19-14(12)17-11/h10H,4-9H2,1-3H3,(H2,16,17,18,19). The Bertz CT molecular complexity index is 632. The molecule has 1 aliphatic rings. The molecule has 0 atom stereocenters. The largest absolute Gasteiger partial charge is 0.379 e. The highest BCUT2D eigenvalue weighted by Gasteiger charge is 2.13. The number of nitrogens with zero attached hydrogens (tertiary/aromatic N) is 4. The molecule has 2 aromatic rings. The SMILES string of the molecule is Cc1cc2c(NCCN3CCOCC3)nc(N(C)C)nc2[nH]1. The van der Waals surface area contributed by atoms with Crippen molar-refractivity contribution in [2.75, 3.05) is 63.7 Å². The normalized spacial score (nSPS) is 16.1. The van der Waals surface area contributed by atoms with Crippen LogP contribution >= 0.6 is 0 Å². The summed E-state index contributed by atoms with van der Waals surface area (Å²) in [5.74, 6) is 1.61. The summed E-state index contributed by atoms with van der Waals surface area (Å²) in [6, 6.07) is 2.09. The molecule has 3 heterocycles. The minimum Gasteiger partial charge on any atom is -0.379 e. The zero-order valence-electron chi connectivity index (χ0n) is 13.5. The van der Waals surface area contributed by atoms with Gasteiger partial charge in [0.1, 0.15) is 11.5 Å². The van der Waals surface area contributed by atoms with Crippen LogP contribution in [0.25, 0.3) is 11.0 Å². The van der Waals surface area contributed by atoms with E-state index in [9.17, 15) is 0 Å². The van der Waals surface area contributed by atoms with Gasteiger partial charge in [-0.3, -0.25) is 4.90 Å². The smallest absolute Gasteiger partial charge is 0.228 e. The number of ether oxygens (including phenoxy) is 1. The predicted octanol–water partition coefficient (Wildman–Crippen LogP) is 1.08. The molecular weight excluding hydrogens is 280 g/mol. The predicted molar refractivity (Wildman–Crippen MR) is 88.7 cm³/mol. The molecule has 0 saturated carbocycles. The molecular formula is C15H24N6O. The molecule has 3 rings (SSSR count). The van der Waals surface area contributed by atoms with Crippen molar-refractivity contribution in [3.8, 4) is 0 Å². The van der Waals surface area contributed by atoms with E-state index in [0.29, 0.717) is 5.95 Å². The second kappa shape index (κ2) is 6.50. The van der Waals surface area contributed by atoms with Crippen LogP contribution in [0.15, 0.2) is 6.07 Å². The van der Waals surface area contributed by atoms with Crippen molar-refractivity contribution in [3.63, 3.8) is 0 Å². The number of hydrogen-bond donors (Lipinski definition) is 2. The average molecular weight is 304 g/mol. The second-order valence-electron chi connectivity index (χ2n) is 5.86. The lowest BCUT2D eigenvalue weighted by Gasteiger charge is -2.26. The van der Waals surface area contributed by atoms with Gasteiger partial charge in [-0.1, -0.05) is 0 Å². The van der Waals surface area contributed by atoms with E-state index in [2.05, 4.69) is 31.2 Å². The number of hydrogen-bond acceptors (Lipinski definition) is 6. The third-order valence-corrected chi connectivity index (χ3v) is 3.83. The van der Waals surface area contributed by atoms with Crippen molar-refractivity contribution in [1.29, 1.82) is 0 Å². The van der Waals surface area contributed by atoms with Gasteiger partial charge in [-0.15, -0.1) is 0 Å². The van der Waals surface area contributed by atoms with Crippen LogP contribution in [-0.4, -0.2) is 73.3 Å². The first-order valence-electron chi connectivity index (χ1n) is 7.72. The number of fused-ring (bicyclic) bond motifs is 1. The first kappa shape index (κ1) is 15.1. The Kier molecular flexibility index (Phi) is 4.44. The summed E-state index contributed by atoms with van der Waals surface area (Å²) in [7, 11) is 3.91. The number of morpholine rings is 1.